The zero-order valence-electron chi connectivity index (χ0n) is 8.97. The predicted octanol–water partition coefficient (Wildman–Crippen LogP) is -0.606. The molecule has 1 aromatic heterocycles. The molecule has 0 bridgehead atoms. The molecule has 0 radical (unpaired) electrons. The number of nitrogens with one attached hydrogen (secondary N) is 2. The number of aromatic nitrogens is 1. The smallest absolute Gasteiger partial charge is 0.286 e. The van der Waals surface area contributed by atoms with Gasteiger partial charge in [0.25, 0.3) is 17.2 Å². The van der Waals surface area contributed by atoms with Crippen molar-refractivity contribution >= 4 is 11.6 Å². The summed E-state index contributed by atoms with van der Waals surface area (Å²) in [6.07, 6.45) is 0.911. The maximum absolute atomic E-state index is 11.5. The summed E-state index contributed by atoms with van der Waals surface area (Å²) < 4.78 is 0. The summed E-state index contributed by atoms with van der Waals surface area (Å²) >= 11 is 0. The van der Waals surface area contributed by atoms with Crippen molar-refractivity contribution < 1.29 is 14.8 Å². The van der Waals surface area contributed by atoms with E-state index in [0.717, 1.165) is 12.3 Å². The quantitative estimate of drug-likeness (QED) is 0.479. The van der Waals surface area contributed by atoms with Crippen molar-refractivity contribution in [1.82, 2.24) is 10.3 Å². The molecule has 8 heteroatoms. The average molecular weight is 241 g/mol. The number of carbonyl (C=O) groups excluding carboxylic acids is 1. The molecule has 0 aliphatic rings. The molecule has 1 aromatic rings. The summed E-state index contributed by atoms with van der Waals surface area (Å²) in [5.41, 5.74) is -1.47. The van der Waals surface area contributed by atoms with Gasteiger partial charge in [-0.15, -0.1) is 0 Å². The van der Waals surface area contributed by atoms with E-state index in [1.54, 1.807) is 0 Å². The minimum atomic E-state index is -0.767. The fourth-order valence-corrected chi connectivity index (χ4v) is 1.09. The molecule has 0 aromatic carbocycles. The highest BCUT2D eigenvalue weighted by Gasteiger charge is 2.17. The van der Waals surface area contributed by atoms with Crippen molar-refractivity contribution in [3.8, 4) is 0 Å². The molecule has 1 heterocycles. The van der Waals surface area contributed by atoms with Gasteiger partial charge in [-0.3, -0.25) is 19.7 Å². The summed E-state index contributed by atoms with van der Waals surface area (Å²) in [6, 6.07) is 0.347. The number of nitrogens with zero attached hydrogens (tertiary/aromatic N) is 1. The Morgan fingerprint density at radius 3 is 2.88 bits per heavy atom. The van der Waals surface area contributed by atoms with Crippen LogP contribution in [0.15, 0.2) is 17.1 Å². The van der Waals surface area contributed by atoms with Gasteiger partial charge in [0.1, 0.15) is 5.56 Å². The predicted molar refractivity (Wildman–Crippen MR) is 57.7 cm³/mol. The summed E-state index contributed by atoms with van der Waals surface area (Å²) in [5, 5.41) is 21.5. The van der Waals surface area contributed by atoms with Gasteiger partial charge in [0, 0.05) is 12.1 Å². The number of hydrogen-bond donors (Lipinski definition) is 3. The molecule has 0 saturated carbocycles. The molecule has 8 nitrogen and oxygen atoms in total. The number of aliphatic hydroxyl groups excluding tert-OH is 1. The molecular formula is C9H11N3O5. The number of nitro groups is 1. The molecule has 17 heavy (non-hydrogen) atoms. The lowest BCUT2D eigenvalue weighted by Crippen LogP contribution is -2.37. The molecule has 0 spiro atoms. The van der Waals surface area contributed by atoms with Crippen molar-refractivity contribution in [2.24, 2.45) is 0 Å². The van der Waals surface area contributed by atoms with Gasteiger partial charge in [0.05, 0.1) is 17.7 Å². The molecule has 0 saturated heterocycles. The Hall–Kier alpha value is -2.22. The van der Waals surface area contributed by atoms with E-state index in [9.17, 15) is 19.7 Å². The van der Waals surface area contributed by atoms with E-state index in [1.807, 2.05) is 0 Å². The van der Waals surface area contributed by atoms with Crippen LogP contribution in [-0.4, -0.2) is 33.6 Å². The summed E-state index contributed by atoms with van der Waals surface area (Å²) in [6.45, 7) is 1.24. The molecule has 0 unspecified atom stereocenters. The maximum Gasteiger partial charge on any atom is 0.286 e. The van der Waals surface area contributed by atoms with Gasteiger partial charge in [-0.1, -0.05) is 0 Å². The lowest BCUT2D eigenvalue weighted by Gasteiger charge is -2.09. The van der Waals surface area contributed by atoms with Crippen LogP contribution < -0.4 is 10.9 Å². The van der Waals surface area contributed by atoms with Crippen molar-refractivity contribution in [3.63, 3.8) is 0 Å². The van der Waals surface area contributed by atoms with Gasteiger partial charge in [-0.2, -0.15) is 0 Å². The molecule has 1 atom stereocenters. The van der Waals surface area contributed by atoms with E-state index in [4.69, 9.17) is 5.11 Å². The number of rotatable bonds is 4. The van der Waals surface area contributed by atoms with Crippen molar-refractivity contribution in [2.45, 2.75) is 13.0 Å². The molecular weight excluding hydrogens is 230 g/mol. The van der Waals surface area contributed by atoms with Crippen molar-refractivity contribution in [1.29, 1.82) is 0 Å². The Kier molecular flexibility index (Phi) is 3.94. The van der Waals surface area contributed by atoms with E-state index in [2.05, 4.69) is 10.3 Å². The normalized spacial score (nSPS) is 11.9. The van der Waals surface area contributed by atoms with Crippen LogP contribution in [0, 0.1) is 10.1 Å². The number of hydrogen-bond acceptors (Lipinski definition) is 5. The third-order valence-corrected chi connectivity index (χ3v) is 1.99. The monoisotopic (exact) mass is 241 g/mol. The van der Waals surface area contributed by atoms with E-state index in [1.165, 1.54) is 6.92 Å². The SMILES string of the molecule is C[C@H](CO)NC(=O)c1cc([N+](=O)[O-])c[nH]c1=O. The Morgan fingerprint density at radius 1 is 1.71 bits per heavy atom. The summed E-state index contributed by atoms with van der Waals surface area (Å²) in [7, 11) is 0. The second kappa shape index (κ2) is 5.21. The lowest BCUT2D eigenvalue weighted by atomic mass is 10.2. The van der Waals surface area contributed by atoms with Gasteiger partial charge in [-0.05, 0) is 6.92 Å². The number of aliphatic hydroxyl groups is 1. The summed E-state index contributed by atoms with van der Waals surface area (Å²) in [4.78, 5) is 34.7. The second-order valence-electron chi connectivity index (χ2n) is 3.41. The Morgan fingerprint density at radius 2 is 2.35 bits per heavy atom. The van der Waals surface area contributed by atoms with Gasteiger partial charge in [0.15, 0.2) is 0 Å². The minimum Gasteiger partial charge on any atom is -0.394 e. The van der Waals surface area contributed by atoms with Gasteiger partial charge >= 0.3 is 0 Å². The minimum absolute atomic E-state index is 0.293. The third kappa shape index (κ3) is 3.11. The van der Waals surface area contributed by atoms with Crippen LogP contribution >= 0.6 is 0 Å². The van der Waals surface area contributed by atoms with Gasteiger partial charge in [0.2, 0.25) is 0 Å². The van der Waals surface area contributed by atoms with E-state index < -0.39 is 22.4 Å². The van der Waals surface area contributed by atoms with Crippen LogP contribution in [0.1, 0.15) is 17.3 Å². The summed E-state index contributed by atoms with van der Waals surface area (Å²) in [5.74, 6) is -0.767. The highest BCUT2D eigenvalue weighted by Crippen LogP contribution is 2.08. The highest BCUT2D eigenvalue weighted by molar-refractivity contribution is 5.94. The van der Waals surface area contributed by atoms with Crippen molar-refractivity contribution in [3.05, 3.63) is 38.3 Å². The van der Waals surface area contributed by atoms with Crippen LogP contribution in [0.25, 0.3) is 0 Å². The molecule has 1 rings (SSSR count). The van der Waals surface area contributed by atoms with Gasteiger partial charge in [-0.25, -0.2) is 0 Å². The average Bonchev–Trinajstić information content (AvgIpc) is 2.28. The molecule has 0 aliphatic carbocycles. The largest absolute Gasteiger partial charge is 0.394 e. The molecule has 0 fully saturated rings. The first-order chi connectivity index (χ1) is 7.95. The van der Waals surface area contributed by atoms with Crippen LogP contribution in [-0.2, 0) is 0 Å². The first-order valence-corrected chi connectivity index (χ1v) is 4.74. The Balaban J connectivity index is 3.04. The van der Waals surface area contributed by atoms with Crippen LogP contribution in [0.3, 0.4) is 0 Å². The Bertz CT molecular complexity index is 496. The lowest BCUT2D eigenvalue weighted by molar-refractivity contribution is -0.385. The number of H-pyrrole nitrogens is 1. The Labute approximate surface area is 95.4 Å². The topological polar surface area (TPSA) is 125 Å². The first kappa shape index (κ1) is 12.8. The zero-order valence-corrected chi connectivity index (χ0v) is 8.97. The van der Waals surface area contributed by atoms with E-state index in [-0.39, 0.29) is 17.9 Å². The first-order valence-electron chi connectivity index (χ1n) is 4.74. The fraction of sp³-hybridized carbons (Fsp3) is 0.333. The highest BCUT2D eigenvalue weighted by atomic mass is 16.6. The molecule has 1 amide bonds. The van der Waals surface area contributed by atoms with E-state index >= 15 is 0 Å². The number of carbonyl (C=O) groups is 1. The van der Waals surface area contributed by atoms with Crippen LogP contribution in [0.4, 0.5) is 5.69 Å². The standard InChI is InChI=1S/C9H11N3O5/c1-5(4-13)11-9(15)7-2-6(12(16)17)3-10-8(7)14/h2-3,5,13H,4H2,1H3,(H,10,14)(H,11,15)/t5-/m1/s1. The third-order valence-electron chi connectivity index (χ3n) is 1.99. The van der Waals surface area contributed by atoms with Crippen LogP contribution in [0.2, 0.25) is 0 Å². The second-order valence-corrected chi connectivity index (χ2v) is 3.41. The number of aromatic amines is 1. The molecule has 92 valence electrons. The van der Waals surface area contributed by atoms with Crippen molar-refractivity contribution in [2.75, 3.05) is 6.61 Å². The fourth-order valence-electron chi connectivity index (χ4n) is 1.09. The van der Waals surface area contributed by atoms with Gasteiger partial charge < -0.3 is 15.4 Å². The molecule has 3 N–H and O–H groups in total. The number of amides is 1. The number of pyridine rings is 1. The molecule has 0 aliphatic heterocycles. The maximum atomic E-state index is 11.5. The van der Waals surface area contributed by atoms with Crippen LogP contribution in [0.5, 0.6) is 0 Å². The zero-order chi connectivity index (χ0) is 13.0. The van der Waals surface area contributed by atoms with E-state index in [0.29, 0.717) is 0 Å².